The molecule has 0 aliphatic heterocycles. The molecule has 0 atom stereocenters. The Bertz CT molecular complexity index is 778. The lowest BCUT2D eigenvalue weighted by Crippen LogP contribution is -2.13. The van der Waals surface area contributed by atoms with E-state index in [0.29, 0.717) is 11.4 Å². The molecule has 2 heterocycles. The monoisotopic (exact) mass is 253 g/mol. The molecule has 0 saturated carbocycles. The molecule has 0 spiro atoms. The van der Waals surface area contributed by atoms with Gasteiger partial charge in [0, 0.05) is 17.3 Å². The zero-order valence-electron chi connectivity index (χ0n) is 9.95. The first-order valence-corrected chi connectivity index (χ1v) is 5.64. The van der Waals surface area contributed by atoms with Crippen LogP contribution in [0.2, 0.25) is 0 Å². The molecule has 19 heavy (non-hydrogen) atoms. The third-order valence-corrected chi connectivity index (χ3v) is 2.84. The number of nitrogens with zero attached hydrogens (tertiary/aromatic N) is 3. The van der Waals surface area contributed by atoms with Crippen molar-refractivity contribution in [1.82, 2.24) is 14.8 Å². The number of aromatic nitrogens is 3. The minimum absolute atomic E-state index is 0.199. The second kappa shape index (κ2) is 4.09. The van der Waals surface area contributed by atoms with E-state index in [4.69, 9.17) is 11.5 Å². The van der Waals surface area contributed by atoms with E-state index in [1.807, 2.05) is 18.2 Å². The number of anilines is 1. The molecule has 94 valence electrons. The average Bonchev–Trinajstić information content (AvgIpc) is 2.81. The van der Waals surface area contributed by atoms with Crippen molar-refractivity contribution in [3.8, 4) is 5.69 Å². The third-order valence-electron chi connectivity index (χ3n) is 2.84. The lowest BCUT2D eigenvalue weighted by atomic mass is 10.2. The largest absolute Gasteiger partial charge is 0.399 e. The molecule has 0 bridgehead atoms. The van der Waals surface area contributed by atoms with Crippen molar-refractivity contribution in [3.05, 3.63) is 48.4 Å². The number of nitrogens with two attached hydrogens (primary N) is 2. The van der Waals surface area contributed by atoms with Crippen LogP contribution in [0.5, 0.6) is 0 Å². The van der Waals surface area contributed by atoms with E-state index in [1.54, 1.807) is 23.0 Å². The van der Waals surface area contributed by atoms with Crippen LogP contribution in [0, 0.1) is 0 Å². The molecular weight excluding hydrogens is 242 g/mol. The van der Waals surface area contributed by atoms with Crippen molar-refractivity contribution in [3.63, 3.8) is 0 Å². The molecule has 1 aromatic carbocycles. The standard InChI is InChI=1S/C13H11N5O/c14-9-2-1-8-7-17-18(12(8)5-9)10-3-4-16-11(6-10)13(15)19/h1-7H,14H2,(H2,15,19). The average molecular weight is 253 g/mol. The normalized spacial score (nSPS) is 10.7. The van der Waals surface area contributed by atoms with Gasteiger partial charge in [-0.3, -0.25) is 9.78 Å². The van der Waals surface area contributed by atoms with Crippen LogP contribution >= 0.6 is 0 Å². The summed E-state index contributed by atoms with van der Waals surface area (Å²) in [6.45, 7) is 0. The smallest absolute Gasteiger partial charge is 0.267 e. The van der Waals surface area contributed by atoms with Crippen molar-refractivity contribution in [2.75, 3.05) is 5.73 Å². The first-order valence-electron chi connectivity index (χ1n) is 5.64. The van der Waals surface area contributed by atoms with Gasteiger partial charge in [-0.15, -0.1) is 0 Å². The van der Waals surface area contributed by atoms with Gasteiger partial charge in [-0.05, 0) is 30.3 Å². The molecule has 3 rings (SSSR count). The van der Waals surface area contributed by atoms with Crippen molar-refractivity contribution < 1.29 is 4.79 Å². The van der Waals surface area contributed by atoms with Gasteiger partial charge in [0.05, 0.1) is 17.4 Å². The number of hydrogen-bond donors (Lipinski definition) is 2. The van der Waals surface area contributed by atoms with Gasteiger partial charge >= 0.3 is 0 Å². The number of amides is 1. The lowest BCUT2D eigenvalue weighted by molar-refractivity contribution is 0.0995. The Morgan fingerprint density at radius 1 is 1.21 bits per heavy atom. The van der Waals surface area contributed by atoms with Crippen LogP contribution in [0.3, 0.4) is 0 Å². The van der Waals surface area contributed by atoms with Crippen LogP contribution < -0.4 is 11.5 Å². The minimum atomic E-state index is -0.571. The Morgan fingerprint density at radius 2 is 2.05 bits per heavy atom. The Kier molecular flexibility index (Phi) is 2.42. The van der Waals surface area contributed by atoms with E-state index < -0.39 is 5.91 Å². The van der Waals surface area contributed by atoms with Crippen LogP contribution in [-0.2, 0) is 0 Å². The van der Waals surface area contributed by atoms with Gasteiger partial charge in [0.1, 0.15) is 5.69 Å². The molecule has 0 unspecified atom stereocenters. The maximum atomic E-state index is 11.2. The predicted molar refractivity (Wildman–Crippen MR) is 71.8 cm³/mol. The Hall–Kier alpha value is -2.89. The fraction of sp³-hybridized carbons (Fsp3) is 0. The van der Waals surface area contributed by atoms with Crippen molar-refractivity contribution in [2.45, 2.75) is 0 Å². The fourth-order valence-electron chi connectivity index (χ4n) is 1.93. The van der Waals surface area contributed by atoms with Gasteiger partial charge in [0.2, 0.25) is 0 Å². The number of fused-ring (bicyclic) bond motifs is 1. The lowest BCUT2D eigenvalue weighted by Gasteiger charge is -2.05. The third kappa shape index (κ3) is 1.89. The van der Waals surface area contributed by atoms with E-state index in [2.05, 4.69) is 10.1 Å². The van der Waals surface area contributed by atoms with Crippen LogP contribution in [0.25, 0.3) is 16.6 Å². The summed E-state index contributed by atoms with van der Waals surface area (Å²) in [5.41, 5.74) is 13.4. The number of carbonyl (C=O) groups excluding carboxylic acids is 1. The van der Waals surface area contributed by atoms with Crippen LogP contribution in [0.15, 0.2) is 42.7 Å². The van der Waals surface area contributed by atoms with Gasteiger partial charge in [-0.25, -0.2) is 4.68 Å². The number of nitrogen functional groups attached to an aromatic ring is 1. The molecule has 4 N–H and O–H groups in total. The highest BCUT2D eigenvalue weighted by Gasteiger charge is 2.08. The van der Waals surface area contributed by atoms with Crippen molar-refractivity contribution in [2.24, 2.45) is 5.73 Å². The number of hydrogen-bond acceptors (Lipinski definition) is 4. The second-order valence-electron chi connectivity index (χ2n) is 4.14. The van der Waals surface area contributed by atoms with Crippen LogP contribution in [0.1, 0.15) is 10.5 Å². The molecule has 0 fully saturated rings. The molecule has 0 radical (unpaired) electrons. The molecule has 1 amide bonds. The zero-order valence-corrected chi connectivity index (χ0v) is 9.95. The van der Waals surface area contributed by atoms with E-state index in [-0.39, 0.29) is 5.69 Å². The minimum Gasteiger partial charge on any atom is -0.399 e. The summed E-state index contributed by atoms with van der Waals surface area (Å²) < 4.78 is 1.69. The number of benzene rings is 1. The van der Waals surface area contributed by atoms with Crippen LogP contribution in [-0.4, -0.2) is 20.7 Å². The van der Waals surface area contributed by atoms with Crippen LogP contribution in [0.4, 0.5) is 5.69 Å². The maximum Gasteiger partial charge on any atom is 0.267 e. The highest BCUT2D eigenvalue weighted by atomic mass is 16.1. The zero-order chi connectivity index (χ0) is 13.4. The van der Waals surface area contributed by atoms with Gasteiger partial charge in [-0.1, -0.05) is 0 Å². The maximum absolute atomic E-state index is 11.2. The molecule has 6 heteroatoms. The molecule has 0 saturated heterocycles. The SMILES string of the molecule is NC(=O)c1cc(-n2ncc3ccc(N)cc32)ccn1. The summed E-state index contributed by atoms with van der Waals surface area (Å²) in [6, 6.07) is 8.88. The number of primary amides is 1. The summed E-state index contributed by atoms with van der Waals surface area (Å²) in [5.74, 6) is -0.571. The summed E-state index contributed by atoms with van der Waals surface area (Å²) in [6.07, 6.45) is 3.26. The quantitative estimate of drug-likeness (QED) is 0.668. The van der Waals surface area contributed by atoms with Crippen molar-refractivity contribution >= 4 is 22.5 Å². The molecule has 0 aliphatic rings. The second-order valence-corrected chi connectivity index (χ2v) is 4.14. The predicted octanol–water partition coefficient (Wildman–Crippen LogP) is 1.10. The van der Waals surface area contributed by atoms with E-state index in [9.17, 15) is 4.79 Å². The summed E-state index contributed by atoms with van der Waals surface area (Å²) in [4.78, 5) is 15.1. The first kappa shape index (κ1) is 11.2. The first-order chi connectivity index (χ1) is 9.15. The van der Waals surface area contributed by atoms with E-state index in [0.717, 1.165) is 10.9 Å². The van der Waals surface area contributed by atoms with Gasteiger partial charge in [-0.2, -0.15) is 5.10 Å². The van der Waals surface area contributed by atoms with E-state index >= 15 is 0 Å². The Morgan fingerprint density at radius 3 is 2.84 bits per heavy atom. The molecule has 0 aliphatic carbocycles. The topological polar surface area (TPSA) is 99.8 Å². The summed E-state index contributed by atoms with van der Waals surface area (Å²) in [7, 11) is 0. The number of rotatable bonds is 2. The van der Waals surface area contributed by atoms with Gasteiger partial charge in [0.25, 0.3) is 5.91 Å². The summed E-state index contributed by atoms with van der Waals surface area (Å²) >= 11 is 0. The highest BCUT2D eigenvalue weighted by molar-refractivity contribution is 5.91. The highest BCUT2D eigenvalue weighted by Crippen LogP contribution is 2.20. The number of carbonyl (C=O) groups is 1. The fourth-order valence-corrected chi connectivity index (χ4v) is 1.93. The molecular formula is C13H11N5O. The van der Waals surface area contributed by atoms with Crippen molar-refractivity contribution in [1.29, 1.82) is 0 Å². The van der Waals surface area contributed by atoms with E-state index in [1.165, 1.54) is 6.20 Å². The number of pyridine rings is 1. The summed E-state index contributed by atoms with van der Waals surface area (Å²) in [5, 5.41) is 5.25. The van der Waals surface area contributed by atoms with Gasteiger partial charge < -0.3 is 11.5 Å². The Labute approximate surface area is 108 Å². The van der Waals surface area contributed by atoms with Gasteiger partial charge in [0.15, 0.2) is 0 Å². The Balaban J connectivity index is 2.21. The molecule has 2 aromatic heterocycles. The molecule has 3 aromatic rings. The molecule has 6 nitrogen and oxygen atoms in total.